The number of hydrogen-bond acceptors (Lipinski definition) is 2. The van der Waals surface area contributed by atoms with Crippen LogP contribution in [0.1, 0.15) is 44.9 Å². The van der Waals surface area contributed by atoms with E-state index in [9.17, 15) is 5.11 Å². The molecule has 0 bridgehead atoms. The van der Waals surface area contributed by atoms with E-state index in [2.05, 4.69) is 36.7 Å². The van der Waals surface area contributed by atoms with Crippen LogP contribution in [0.4, 0.5) is 0 Å². The molecule has 0 aliphatic rings. The van der Waals surface area contributed by atoms with Crippen LogP contribution in [0.2, 0.25) is 0 Å². The van der Waals surface area contributed by atoms with Crippen LogP contribution in [0.15, 0.2) is 18.2 Å². The third-order valence-electron chi connectivity index (χ3n) is 2.85. The zero-order chi connectivity index (χ0) is 13.2. The number of ether oxygens (including phenoxy) is 1. The molecule has 0 aromatic heterocycles. The fraction of sp³-hybridized carbons (Fsp3) is 0.571. The maximum atomic E-state index is 10.2. The van der Waals surface area contributed by atoms with Crippen LogP contribution >= 0.6 is 15.9 Å². The Bertz CT molecular complexity index is 380. The van der Waals surface area contributed by atoms with Crippen LogP contribution < -0.4 is 4.74 Å². The Balaban J connectivity index is 3.25. The van der Waals surface area contributed by atoms with E-state index in [0.29, 0.717) is 0 Å². The van der Waals surface area contributed by atoms with Crippen molar-refractivity contribution in [3.63, 3.8) is 0 Å². The van der Waals surface area contributed by atoms with Gasteiger partial charge in [-0.15, -0.1) is 0 Å². The number of alkyl halides is 1. The zero-order valence-corrected chi connectivity index (χ0v) is 12.7. The van der Waals surface area contributed by atoms with Gasteiger partial charge in [-0.1, -0.05) is 42.8 Å². The Hall–Kier alpha value is -0.540. The largest absolute Gasteiger partial charge is 0.496 e. The number of aliphatic hydroxyl groups excluding tert-OH is 1. The molecule has 2 unspecified atom stereocenters. The third kappa shape index (κ3) is 3.46. The van der Waals surface area contributed by atoms with Crippen molar-refractivity contribution in [2.75, 3.05) is 7.11 Å². The molecule has 1 aromatic carbocycles. The molecule has 2 atom stereocenters. The number of benzene rings is 1. The van der Waals surface area contributed by atoms with E-state index in [-0.39, 0.29) is 10.2 Å². The van der Waals surface area contributed by atoms with E-state index < -0.39 is 6.10 Å². The van der Waals surface area contributed by atoms with Crippen molar-refractivity contribution in [1.29, 1.82) is 0 Å². The SMILES string of the molecule is COc1ccc(C(C)(C)C)cc1C(O)C(C)Br. The lowest BCUT2D eigenvalue weighted by atomic mass is 9.85. The summed E-state index contributed by atoms with van der Waals surface area (Å²) in [5, 5.41) is 10.2. The van der Waals surface area contributed by atoms with Crippen LogP contribution in [0, 0.1) is 0 Å². The van der Waals surface area contributed by atoms with Gasteiger partial charge in [0.25, 0.3) is 0 Å². The van der Waals surface area contributed by atoms with E-state index in [1.807, 2.05) is 25.1 Å². The number of aliphatic hydroxyl groups is 1. The fourth-order valence-electron chi connectivity index (χ4n) is 1.68. The van der Waals surface area contributed by atoms with Crippen molar-refractivity contribution >= 4 is 15.9 Å². The Kier molecular flexibility index (Phi) is 4.62. The van der Waals surface area contributed by atoms with Crippen molar-refractivity contribution in [2.24, 2.45) is 0 Å². The molecule has 2 nitrogen and oxygen atoms in total. The van der Waals surface area contributed by atoms with Gasteiger partial charge in [0.1, 0.15) is 5.75 Å². The van der Waals surface area contributed by atoms with Crippen molar-refractivity contribution < 1.29 is 9.84 Å². The first-order chi connectivity index (χ1) is 7.77. The molecule has 96 valence electrons. The lowest BCUT2D eigenvalue weighted by molar-refractivity contribution is 0.176. The Labute approximate surface area is 112 Å². The van der Waals surface area contributed by atoms with E-state index in [4.69, 9.17) is 4.74 Å². The minimum Gasteiger partial charge on any atom is -0.496 e. The number of methoxy groups -OCH3 is 1. The highest BCUT2D eigenvalue weighted by Crippen LogP contribution is 2.34. The van der Waals surface area contributed by atoms with Crippen LogP contribution in [-0.2, 0) is 5.41 Å². The second-order valence-corrected chi connectivity index (χ2v) is 6.77. The van der Waals surface area contributed by atoms with Gasteiger partial charge in [-0.25, -0.2) is 0 Å². The highest BCUT2D eigenvalue weighted by molar-refractivity contribution is 9.09. The van der Waals surface area contributed by atoms with E-state index in [0.717, 1.165) is 11.3 Å². The molecule has 17 heavy (non-hydrogen) atoms. The van der Waals surface area contributed by atoms with E-state index in [1.54, 1.807) is 7.11 Å². The molecule has 0 spiro atoms. The van der Waals surface area contributed by atoms with Gasteiger partial charge < -0.3 is 9.84 Å². The number of halogens is 1. The molecule has 0 heterocycles. The normalized spacial score (nSPS) is 15.5. The summed E-state index contributed by atoms with van der Waals surface area (Å²) in [6, 6.07) is 6.00. The van der Waals surface area contributed by atoms with Crippen LogP contribution in [0.25, 0.3) is 0 Å². The lowest BCUT2D eigenvalue weighted by Gasteiger charge is -2.23. The maximum Gasteiger partial charge on any atom is 0.124 e. The molecular formula is C14H21BrO2. The highest BCUT2D eigenvalue weighted by atomic mass is 79.9. The minimum atomic E-state index is -0.563. The van der Waals surface area contributed by atoms with Gasteiger partial charge in [0.15, 0.2) is 0 Å². The summed E-state index contributed by atoms with van der Waals surface area (Å²) >= 11 is 3.41. The third-order valence-corrected chi connectivity index (χ3v) is 3.35. The van der Waals surface area contributed by atoms with Gasteiger partial charge in [-0.2, -0.15) is 0 Å². The molecule has 1 N–H and O–H groups in total. The zero-order valence-electron chi connectivity index (χ0n) is 11.1. The van der Waals surface area contributed by atoms with Crippen molar-refractivity contribution in [1.82, 2.24) is 0 Å². The first-order valence-corrected chi connectivity index (χ1v) is 6.69. The average molecular weight is 301 g/mol. The summed E-state index contributed by atoms with van der Waals surface area (Å²) in [5.41, 5.74) is 2.10. The molecule has 0 aliphatic heterocycles. The average Bonchev–Trinajstić information content (AvgIpc) is 2.25. The van der Waals surface area contributed by atoms with Gasteiger partial charge in [-0.05, 0) is 30.0 Å². The molecule has 1 rings (SSSR count). The van der Waals surface area contributed by atoms with Gasteiger partial charge in [0.2, 0.25) is 0 Å². The lowest BCUT2D eigenvalue weighted by Crippen LogP contribution is -2.14. The molecule has 0 amide bonds. The molecule has 0 aliphatic carbocycles. The molecule has 0 radical (unpaired) electrons. The van der Waals surface area contributed by atoms with E-state index >= 15 is 0 Å². The van der Waals surface area contributed by atoms with Gasteiger partial charge >= 0.3 is 0 Å². The molecule has 1 aromatic rings. The summed E-state index contributed by atoms with van der Waals surface area (Å²) in [4.78, 5) is -0.00776. The second kappa shape index (κ2) is 5.40. The summed E-state index contributed by atoms with van der Waals surface area (Å²) in [7, 11) is 1.63. The van der Waals surface area contributed by atoms with Crippen LogP contribution in [0.3, 0.4) is 0 Å². The van der Waals surface area contributed by atoms with Gasteiger partial charge in [0.05, 0.1) is 13.2 Å². The molecule has 3 heteroatoms. The molecule has 0 fully saturated rings. The monoisotopic (exact) mass is 300 g/mol. The van der Waals surface area contributed by atoms with Crippen molar-refractivity contribution in [3.05, 3.63) is 29.3 Å². The summed E-state index contributed by atoms with van der Waals surface area (Å²) < 4.78 is 5.30. The number of hydrogen-bond donors (Lipinski definition) is 1. The standard InChI is InChI=1S/C14H21BrO2/c1-9(15)13(16)11-8-10(14(2,3)4)6-7-12(11)17-5/h6-9,13,16H,1-5H3. The highest BCUT2D eigenvalue weighted by Gasteiger charge is 2.21. The van der Waals surface area contributed by atoms with E-state index in [1.165, 1.54) is 5.56 Å². The predicted octanol–water partition coefficient (Wildman–Crippen LogP) is 3.81. The minimum absolute atomic E-state index is 0.00776. The second-order valence-electron chi connectivity index (χ2n) is 5.33. The van der Waals surface area contributed by atoms with Gasteiger partial charge in [0, 0.05) is 10.4 Å². The first kappa shape index (κ1) is 14.5. The molecule has 0 saturated heterocycles. The first-order valence-electron chi connectivity index (χ1n) is 5.78. The van der Waals surface area contributed by atoms with Crippen molar-refractivity contribution in [3.8, 4) is 5.75 Å². The van der Waals surface area contributed by atoms with Crippen molar-refractivity contribution in [2.45, 2.75) is 44.0 Å². The number of rotatable bonds is 3. The summed E-state index contributed by atoms with van der Waals surface area (Å²) in [6.45, 7) is 8.39. The quantitative estimate of drug-likeness (QED) is 0.860. The van der Waals surface area contributed by atoms with Crippen LogP contribution in [0.5, 0.6) is 5.75 Å². The fourth-order valence-corrected chi connectivity index (χ4v) is 1.96. The summed E-state index contributed by atoms with van der Waals surface area (Å²) in [6.07, 6.45) is -0.563. The predicted molar refractivity (Wildman–Crippen MR) is 75.0 cm³/mol. The topological polar surface area (TPSA) is 29.5 Å². The maximum absolute atomic E-state index is 10.2. The Morgan fingerprint density at radius 2 is 1.88 bits per heavy atom. The Morgan fingerprint density at radius 3 is 2.29 bits per heavy atom. The van der Waals surface area contributed by atoms with Gasteiger partial charge in [-0.3, -0.25) is 0 Å². The molecular weight excluding hydrogens is 280 g/mol. The molecule has 0 saturated carbocycles. The van der Waals surface area contributed by atoms with Crippen LogP contribution in [-0.4, -0.2) is 17.0 Å². The smallest absolute Gasteiger partial charge is 0.124 e. The summed E-state index contributed by atoms with van der Waals surface area (Å²) in [5.74, 6) is 0.733. The Morgan fingerprint density at radius 1 is 1.29 bits per heavy atom.